The standard InChI is InChI=1S/C55H57N/c1-55(2)53-23-12-11-22-50(53)51-33-32-48(37-54(51)55)56(46-30-28-41(29-31-46)39-16-7-4-8-17-39)47-20-13-19-44(35-47)52-36-45(34-43-18-9-10-21-49(43)52)42-26-24-40(25-27-42)38-14-5-3-6-15-38/h11-13,19-20,22-39H,3-10,14-18,21H2,1-2H3. The van der Waals surface area contributed by atoms with Gasteiger partial charge in [-0.25, -0.2) is 0 Å². The summed E-state index contributed by atoms with van der Waals surface area (Å²) in [6, 6.07) is 50.0. The van der Waals surface area contributed by atoms with Gasteiger partial charge in [-0.3, -0.25) is 0 Å². The molecular weight excluding hydrogens is 675 g/mol. The largest absolute Gasteiger partial charge is 0.310 e. The van der Waals surface area contributed by atoms with Gasteiger partial charge in [0.25, 0.3) is 0 Å². The zero-order valence-electron chi connectivity index (χ0n) is 33.6. The van der Waals surface area contributed by atoms with Crippen LogP contribution in [0.5, 0.6) is 0 Å². The minimum absolute atomic E-state index is 0.0611. The molecule has 10 rings (SSSR count). The van der Waals surface area contributed by atoms with Crippen LogP contribution in [0.2, 0.25) is 0 Å². The predicted molar refractivity (Wildman–Crippen MR) is 238 cm³/mol. The minimum Gasteiger partial charge on any atom is -0.310 e. The maximum absolute atomic E-state index is 2.52. The summed E-state index contributed by atoms with van der Waals surface area (Å²) in [7, 11) is 0. The molecule has 282 valence electrons. The van der Waals surface area contributed by atoms with Gasteiger partial charge >= 0.3 is 0 Å². The third kappa shape index (κ3) is 6.52. The van der Waals surface area contributed by atoms with Crippen molar-refractivity contribution in [3.8, 4) is 33.4 Å². The lowest BCUT2D eigenvalue weighted by molar-refractivity contribution is 0.443. The first-order valence-corrected chi connectivity index (χ1v) is 22.0. The summed E-state index contributed by atoms with van der Waals surface area (Å²) in [5.74, 6) is 1.42. The van der Waals surface area contributed by atoms with Crippen LogP contribution in [0.15, 0.2) is 127 Å². The molecule has 1 heteroatoms. The van der Waals surface area contributed by atoms with Crippen LogP contribution >= 0.6 is 0 Å². The Bertz CT molecular complexity index is 2350. The Morgan fingerprint density at radius 3 is 1.79 bits per heavy atom. The normalized spacial score (nSPS) is 17.9. The van der Waals surface area contributed by atoms with Gasteiger partial charge in [0.2, 0.25) is 0 Å². The fourth-order valence-electron chi connectivity index (χ4n) is 11.1. The third-order valence-electron chi connectivity index (χ3n) is 14.3. The molecule has 0 aliphatic heterocycles. The van der Waals surface area contributed by atoms with Gasteiger partial charge in [-0.1, -0.05) is 137 Å². The van der Waals surface area contributed by atoms with Crippen LogP contribution in [-0.2, 0) is 18.3 Å². The summed E-state index contributed by atoms with van der Waals surface area (Å²) in [6.45, 7) is 4.79. The molecule has 0 unspecified atom stereocenters. The van der Waals surface area contributed by atoms with E-state index in [1.807, 2.05) is 0 Å². The van der Waals surface area contributed by atoms with E-state index in [9.17, 15) is 0 Å². The molecule has 4 aliphatic rings. The second-order valence-corrected chi connectivity index (χ2v) is 18.0. The molecular formula is C55H57N. The Kier molecular flexibility index (Phi) is 9.45. The predicted octanol–water partition coefficient (Wildman–Crippen LogP) is 15.8. The van der Waals surface area contributed by atoms with Gasteiger partial charge in [-0.2, -0.15) is 0 Å². The number of rotatable bonds is 7. The summed E-state index contributed by atoms with van der Waals surface area (Å²) in [5.41, 5.74) is 20.7. The zero-order chi connectivity index (χ0) is 37.6. The molecule has 0 atom stereocenters. The smallest absolute Gasteiger partial charge is 0.0467 e. The second-order valence-electron chi connectivity index (χ2n) is 18.0. The fraction of sp³-hybridized carbons (Fsp3) is 0.345. The molecule has 0 amide bonds. The highest BCUT2D eigenvalue weighted by atomic mass is 15.1. The van der Waals surface area contributed by atoms with Crippen molar-refractivity contribution in [2.45, 2.75) is 121 Å². The Labute approximate surface area is 335 Å². The molecule has 2 saturated carbocycles. The molecule has 0 aromatic heterocycles. The van der Waals surface area contributed by atoms with Gasteiger partial charge in [0.15, 0.2) is 0 Å². The van der Waals surface area contributed by atoms with Crippen molar-refractivity contribution in [1.29, 1.82) is 0 Å². The van der Waals surface area contributed by atoms with E-state index in [1.165, 1.54) is 156 Å². The van der Waals surface area contributed by atoms with E-state index in [4.69, 9.17) is 0 Å². The van der Waals surface area contributed by atoms with Crippen molar-refractivity contribution in [3.05, 3.63) is 161 Å². The Balaban J connectivity index is 1.06. The van der Waals surface area contributed by atoms with Crippen LogP contribution < -0.4 is 4.90 Å². The van der Waals surface area contributed by atoms with Gasteiger partial charge in [0.05, 0.1) is 0 Å². The molecule has 4 aliphatic carbocycles. The number of hydrogen-bond acceptors (Lipinski definition) is 1. The lowest BCUT2D eigenvalue weighted by atomic mass is 9.82. The lowest BCUT2D eigenvalue weighted by Gasteiger charge is -2.29. The van der Waals surface area contributed by atoms with E-state index in [1.54, 1.807) is 11.1 Å². The number of fused-ring (bicyclic) bond motifs is 4. The first-order valence-electron chi connectivity index (χ1n) is 22.0. The fourth-order valence-corrected chi connectivity index (χ4v) is 11.1. The van der Waals surface area contributed by atoms with Crippen LogP contribution in [0.3, 0.4) is 0 Å². The Morgan fingerprint density at radius 1 is 0.429 bits per heavy atom. The summed E-state index contributed by atoms with van der Waals surface area (Å²) in [4.78, 5) is 2.52. The van der Waals surface area contributed by atoms with Gasteiger partial charge in [-0.05, 0) is 172 Å². The summed E-state index contributed by atoms with van der Waals surface area (Å²) in [6.07, 6.45) is 18.4. The quantitative estimate of drug-likeness (QED) is 0.158. The number of aryl methyl sites for hydroxylation is 1. The minimum atomic E-state index is -0.0611. The Morgan fingerprint density at radius 2 is 1.05 bits per heavy atom. The summed E-state index contributed by atoms with van der Waals surface area (Å²) >= 11 is 0. The molecule has 0 saturated heterocycles. The highest BCUT2D eigenvalue weighted by Crippen LogP contribution is 2.51. The van der Waals surface area contributed by atoms with E-state index in [0.717, 1.165) is 12.3 Å². The van der Waals surface area contributed by atoms with Gasteiger partial charge in [0.1, 0.15) is 0 Å². The summed E-state index contributed by atoms with van der Waals surface area (Å²) in [5, 5.41) is 0. The van der Waals surface area contributed by atoms with Crippen LogP contribution in [0, 0.1) is 0 Å². The molecule has 6 aromatic rings. The van der Waals surface area contributed by atoms with Gasteiger partial charge < -0.3 is 4.90 Å². The molecule has 0 spiro atoms. The van der Waals surface area contributed by atoms with Gasteiger partial charge in [0, 0.05) is 22.5 Å². The van der Waals surface area contributed by atoms with Crippen LogP contribution in [0.1, 0.15) is 136 Å². The SMILES string of the molecule is CC1(C)c2ccccc2-c2ccc(N(c3ccc(C4CCCCC4)cc3)c3cccc(-c4cc(-c5ccc(C6CCCCC6)cc5)cc5c4CCCC5)c3)cc21. The van der Waals surface area contributed by atoms with Crippen molar-refractivity contribution in [2.24, 2.45) is 0 Å². The molecule has 0 N–H and O–H groups in total. The average molecular weight is 732 g/mol. The highest BCUT2D eigenvalue weighted by molar-refractivity contribution is 5.87. The van der Waals surface area contributed by atoms with E-state index >= 15 is 0 Å². The molecule has 0 heterocycles. The third-order valence-corrected chi connectivity index (χ3v) is 14.3. The lowest BCUT2D eigenvalue weighted by Crippen LogP contribution is -2.16. The second kappa shape index (κ2) is 14.9. The number of nitrogens with zero attached hydrogens (tertiary/aromatic N) is 1. The van der Waals surface area contributed by atoms with E-state index in [2.05, 4.69) is 146 Å². The number of benzene rings is 6. The number of hydrogen-bond donors (Lipinski definition) is 0. The molecule has 1 nitrogen and oxygen atoms in total. The van der Waals surface area contributed by atoms with Crippen LogP contribution in [-0.4, -0.2) is 0 Å². The highest BCUT2D eigenvalue weighted by Gasteiger charge is 2.36. The van der Waals surface area contributed by atoms with Crippen molar-refractivity contribution in [3.63, 3.8) is 0 Å². The van der Waals surface area contributed by atoms with E-state index in [-0.39, 0.29) is 5.41 Å². The van der Waals surface area contributed by atoms with Crippen LogP contribution in [0.4, 0.5) is 17.1 Å². The van der Waals surface area contributed by atoms with Gasteiger partial charge in [-0.15, -0.1) is 0 Å². The molecule has 2 fully saturated rings. The monoisotopic (exact) mass is 731 g/mol. The molecule has 0 radical (unpaired) electrons. The van der Waals surface area contributed by atoms with Crippen molar-refractivity contribution in [2.75, 3.05) is 4.90 Å². The van der Waals surface area contributed by atoms with Crippen molar-refractivity contribution in [1.82, 2.24) is 0 Å². The van der Waals surface area contributed by atoms with Crippen molar-refractivity contribution < 1.29 is 0 Å². The van der Waals surface area contributed by atoms with E-state index < -0.39 is 0 Å². The van der Waals surface area contributed by atoms with Crippen LogP contribution in [0.25, 0.3) is 33.4 Å². The topological polar surface area (TPSA) is 3.24 Å². The average Bonchev–Trinajstić information content (AvgIpc) is 3.49. The summed E-state index contributed by atoms with van der Waals surface area (Å²) < 4.78 is 0. The molecule has 56 heavy (non-hydrogen) atoms. The first kappa shape index (κ1) is 35.5. The van der Waals surface area contributed by atoms with Crippen molar-refractivity contribution >= 4 is 17.1 Å². The Hall–Kier alpha value is -4.88. The first-order chi connectivity index (χ1) is 27.5. The zero-order valence-corrected chi connectivity index (χ0v) is 33.6. The molecule has 6 aromatic carbocycles. The number of anilines is 3. The molecule has 0 bridgehead atoms. The maximum Gasteiger partial charge on any atom is 0.0467 e. The maximum atomic E-state index is 2.52. The van der Waals surface area contributed by atoms with E-state index in [0.29, 0.717) is 5.92 Å².